The molecule has 0 aliphatic carbocycles. The molecule has 0 spiro atoms. The van der Waals surface area contributed by atoms with Gasteiger partial charge in [0.1, 0.15) is 23.5 Å². The molecule has 1 unspecified atom stereocenters. The minimum absolute atomic E-state index is 0. The summed E-state index contributed by atoms with van der Waals surface area (Å²) in [5.74, 6) is -2.11. The van der Waals surface area contributed by atoms with Crippen molar-refractivity contribution in [3.63, 3.8) is 0 Å². The molecule has 2 amide bonds. The Bertz CT molecular complexity index is 814. The van der Waals surface area contributed by atoms with Crippen LogP contribution in [0.2, 0.25) is 0 Å². The Morgan fingerprint density at radius 3 is 2.56 bits per heavy atom. The molecule has 0 aromatic heterocycles. The van der Waals surface area contributed by atoms with Gasteiger partial charge in [0.15, 0.2) is 0 Å². The second-order valence-corrected chi connectivity index (χ2v) is 8.37. The summed E-state index contributed by atoms with van der Waals surface area (Å²) >= 11 is 1.33. The number of carboxylic acids is 1. The molecular weight excluding hydrogens is 381 g/mol. The fraction of sp³-hybridized carbons (Fsp3) is 0.438. The molecule has 11 heteroatoms. The molecule has 2 fully saturated rings. The number of rotatable bonds is 5. The van der Waals surface area contributed by atoms with Gasteiger partial charge in [0.25, 0.3) is 0 Å². The molecule has 138 valence electrons. The number of nitrogens with zero attached hydrogens (tertiary/aromatic N) is 4. The van der Waals surface area contributed by atoms with E-state index in [9.17, 15) is 19.5 Å². The number of β-lactam (4-membered cyclic amide) rings is 1. The van der Waals surface area contributed by atoms with Crippen molar-refractivity contribution >= 4 is 59.1 Å². The van der Waals surface area contributed by atoms with Crippen LogP contribution in [-0.4, -0.2) is 79.6 Å². The van der Waals surface area contributed by atoms with Gasteiger partial charge in [-0.3, -0.25) is 9.59 Å². The van der Waals surface area contributed by atoms with E-state index in [1.165, 1.54) is 16.7 Å². The van der Waals surface area contributed by atoms with Crippen molar-refractivity contribution in [2.45, 2.75) is 42.1 Å². The zero-order valence-electron chi connectivity index (χ0n) is 14.1. The van der Waals surface area contributed by atoms with E-state index in [-0.39, 0.29) is 29.6 Å². The number of aliphatic carboxylic acids is 1. The number of thioether (sulfide) groups is 1. The Labute approximate surface area is 181 Å². The summed E-state index contributed by atoms with van der Waals surface area (Å²) in [6, 6.07) is 5.63. The van der Waals surface area contributed by atoms with Gasteiger partial charge in [-0.05, 0) is 24.9 Å². The minimum atomic E-state index is -1.10. The van der Waals surface area contributed by atoms with Gasteiger partial charge in [0, 0.05) is 9.66 Å². The predicted octanol–water partition coefficient (Wildman–Crippen LogP) is 1.02. The Kier molecular flexibility index (Phi) is 6.49. The monoisotopic (exact) mass is 399 g/mol. The second-order valence-electron chi connectivity index (χ2n) is 6.60. The standard InChI is InChI=1S/C16H17N5O4S.Na.H/c1-16(2)11(15(24)25)21-13(23)10(14(21)26-16)18-12(22)9(19-20-17)8-6-4-3-5-7-8;;/h3-7,9-11,14H,1-2H3,(H,18,22)(H,24,25);;/t9?,10-,11+,14-;;/m1../s1. The summed E-state index contributed by atoms with van der Waals surface area (Å²) in [5, 5.41) is 15.1. The molecule has 2 N–H and O–H groups in total. The fourth-order valence-electron chi connectivity index (χ4n) is 3.34. The number of azide groups is 1. The first-order chi connectivity index (χ1) is 12.3. The van der Waals surface area contributed by atoms with Crippen LogP contribution in [0.3, 0.4) is 0 Å². The maximum atomic E-state index is 12.6. The van der Waals surface area contributed by atoms with Crippen LogP contribution in [0, 0.1) is 0 Å². The molecule has 1 aromatic carbocycles. The van der Waals surface area contributed by atoms with Crippen molar-refractivity contribution in [3.8, 4) is 0 Å². The van der Waals surface area contributed by atoms with Crippen molar-refractivity contribution in [2.24, 2.45) is 5.11 Å². The Morgan fingerprint density at radius 1 is 1.37 bits per heavy atom. The van der Waals surface area contributed by atoms with Gasteiger partial charge < -0.3 is 15.3 Å². The van der Waals surface area contributed by atoms with E-state index in [0.29, 0.717) is 5.56 Å². The summed E-state index contributed by atoms with van der Waals surface area (Å²) in [6.45, 7) is 3.52. The van der Waals surface area contributed by atoms with Crippen LogP contribution in [0.1, 0.15) is 25.5 Å². The third kappa shape index (κ3) is 3.81. The first-order valence-electron chi connectivity index (χ1n) is 7.90. The number of amides is 2. The summed E-state index contributed by atoms with van der Waals surface area (Å²) in [6.07, 6.45) is 0. The Balaban J connectivity index is 0.00000261. The normalized spacial score (nSPS) is 25.9. The predicted molar refractivity (Wildman–Crippen MR) is 101 cm³/mol. The number of nitrogens with one attached hydrogen (secondary N) is 1. The molecule has 27 heavy (non-hydrogen) atoms. The van der Waals surface area contributed by atoms with Crippen LogP contribution in [0.25, 0.3) is 10.4 Å². The average molecular weight is 399 g/mol. The average Bonchev–Trinajstić information content (AvgIpc) is 2.86. The number of carboxylic acid groups (broad SMARTS) is 1. The number of benzene rings is 1. The van der Waals surface area contributed by atoms with E-state index < -0.39 is 46.0 Å². The summed E-state index contributed by atoms with van der Waals surface area (Å²) in [7, 11) is 0. The first-order valence-corrected chi connectivity index (χ1v) is 8.78. The number of hydrogen-bond donors (Lipinski definition) is 2. The van der Waals surface area contributed by atoms with Crippen molar-refractivity contribution in [3.05, 3.63) is 46.3 Å². The van der Waals surface area contributed by atoms with Crippen LogP contribution >= 0.6 is 11.8 Å². The third-order valence-electron chi connectivity index (χ3n) is 4.50. The quantitative estimate of drug-likeness (QED) is 0.250. The van der Waals surface area contributed by atoms with Crippen molar-refractivity contribution in [2.75, 3.05) is 0 Å². The van der Waals surface area contributed by atoms with Crippen LogP contribution in [-0.2, 0) is 14.4 Å². The maximum absolute atomic E-state index is 12.6. The zero-order chi connectivity index (χ0) is 19.1. The molecule has 4 atom stereocenters. The topological polar surface area (TPSA) is 135 Å². The Morgan fingerprint density at radius 2 is 2.00 bits per heavy atom. The molecule has 0 saturated carbocycles. The number of fused-ring (bicyclic) bond motifs is 1. The molecule has 3 rings (SSSR count). The number of carbonyl (C=O) groups is 3. The molecule has 2 heterocycles. The summed E-state index contributed by atoms with van der Waals surface area (Å²) in [5.41, 5.74) is 9.26. The van der Waals surface area contributed by atoms with Crippen LogP contribution in [0.4, 0.5) is 0 Å². The van der Waals surface area contributed by atoms with Gasteiger partial charge in [-0.2, -0.15) is 0 Å². The third-order valence-corrected chi connectivity index (χ3v) is 6.07. The number of hydrogen-bond acceptors (Lipinski definition) is 5. The van der Waals surface area contributed by atoms with E-state index in [0.717, 1.165) is 0 Å². The van der Waals surface area contributed by atoms with E-state index in [1.807, 2.05) is 0 Å². The first kappa shape index (κ1) is 21.6. The van der Waals surface area contributed by atoms with E-state index in [4.69, 9.17) is 5.53 Å². The molecule has 1 aromatic rings. The van der Waals surface area contributed by atoms with Gasteiger partial charge in [-0.1, -0.05) is 35.4 Å². The van der Waals surface area contributed by atoms with E-state index >= 15 is 0 Å². The molecule has 9 nitrogen and oxygen atoms in total. The molecular formula is C16H18N5NaO4S. The second kappa shape index (κ2) is 8.12. The molecule has 0 bridgehead atoms. The molecule has 2 aliphatic rings. The molecule has 2 saturated heterocycles. The molecule has 2 aliphatic heterocycles. The van der Waals surface area contributed by atoms with Gasteiger partial charge in [0.05, 0.1) is 0 Å². The van der Waals surface area contributed by atoms with Gasteiger partial charge in [-0.15, -0.1) is 11.8 Å². The summed E-state index contributed by atoms with van der Waals surface area (Å²) < 4.78 is -0.671. The van der Waals surface area contributed by atoms with Crippen LogP contribution in [0.5, 0.6) is 0 Å². The molecule has 0 radical (unpaired) electrons. The fourth-order valence-corrected chi connectivity index (χ4v) is 4.96. The van der Waals surface area contributed by atoms with Gasteiger partial charge in [-0.25, -0.2) is 4.79 Å². The van der Waals surface area contributed by atoms with Crippen molar-refractivity contribution in [1.82, 2.24) is 10.2 Å². The van der Waals surface area contributed by atoms with E-state index in [2.05, 4.69) is 15.3 Å². The van der Waals surface area contributed by atoms with Crippen molar-refractivity contribution in [1.29, 1.82) is 0 Å². The van der Waals surface area contributed by atoms with Crippen LogP contribution < -0.4 is 5.32 Å². The Hall–Kier alpha value is -1.71. The number of carbonyl (C=O) groups excluding carboxylic acids is 2. The SMILES string of the molecule is CC1(C)S[C@@H]2[C@H](NC(=O)C(N=[N+]=[N-])c3ccccc3)C(=O)N2[C@H]1C(=O)O.[NaH]. The summed E-state index contributed by atoms with van der Waals surface area (Å²) in [4.78, 5) is 40.5. The van der Waals surface area contributed by atoms with Crippen molar-refractivity contribution < 1.29 is 19.5 Å². The van der Waals surface area contributed by atoms with Gasteiger partial charge >= 0.3 is 35.5 Å². The van der Waals surface area contributed by atoms with E-state index in [1.54, 1.807) is 44.2 Å². The van der Waals surface area contributed by atoms with Crippen LogP contribution in [0.15, 0.2) is 35.4 Å². The van der Waals surface area contributed by atoms with Gasteiger partial charge in [0.2, 0.25) is 11.8 Å². The zero-order valence-corrected chi connectivity index (χ0v) is 14.9.